The fourth-order valence-electron chi connectivity index (χ4n) is 2.28. The molecular formula is C17H15NO3S2. The third kappa shape index (κ3) is 3.04. The lowest BCUT2D eigenvalue weighted by Crippen LogP contribution is -2.28. The number of nitrogens with zero attached hydrogens (tertiary/aromatic N) is 1. The van der Waals surface area contributed by atoms with Crippen LogP contribution >= 0.6 is 23.1 Å². The highest BCUT2D eigenvalue weighted by Gasteiger charge is 2.37. The van der Waals surface area contributed by atoms with Gasteiger partial charge in [-0.3, -0.25) is 9.59 Å². The van der Waals surface area contributed by atoms with E-state index in [-0.39, 0.29) is 11.1 Å². The lowest BCUT2D eigenvalue weighted by molar-refractivity contribution is -0.113. The van der Waals surface area contributed by atoms with Crippen molar-refractivity contribution in [2.24, 2.45) is 0 Å². The molecule has 0 spiro atoms. The molecule has 2 amide bonds. The topological polar surface area (TPSA) is 46.6 Å². The molecule has 1 aliphatic heterocycles. The van der Waals surface area contributed by atoms with Crippen molar-refractivity contribution in [3.63, 3.8) is 0 Å². The zero-order valence-corrected chi connectivity index (χ0v) is 14.4. The zero-order chi connectivity index (χ0) is 16.4. The lowest BCUT2D eigenvalue weighted by Gasteiger charge is -2.15. The Kier molecular flexibility index (Phi) is 4.54. The van der Waals surface area contributed by atoms with Gasteiger partial charge < -0.3 is 4.74 Å². The predicted octanol–water partition coefficient (Wildman–Crippen LogP) is 4.56. The van der Waals surface area contributed by atoms with E-state index in [1.165, 1.54) is 16.9 Å². The Bertz CT molecular complexity index is 795. The molecule has 1 saturated heterocycles. The van der Waals surface area contributed by atoms with Crippen molar-refractivity contribution in [1.82, 2.24) is 0 Å². The van der Waals surface area contributed by atoms with Crippen molar-refractivity contribution < 1.29 is 14.3 Å². The van der Waals surface area contributed by atoms with Crippen molar-refractivity contribution in [3.8, 4) is 5.75 Å². The van der Waals surface area contributed by atoms with Crippen LogP contribution in [0.5, 0.6) is 5.75 Å². The van der Waals surface area contributed by atoms with Gasteiger partial charge in [0.1, 0.15) is 5.75 Å². The third-order valence-electron chi connectivity index (χ3n) is 3.42. The lowest BCUT2D eigenvalue weighted by atomic mass is 10.2. The number of para-hydroxylation sites is 2. The van der Waals surface area contributed by atoms with E-state index in [0.717, 1.165) is 23.1 Å². The summed E-state index contributed by atoms with van der Waals surface area (Å²) < 4.78 is 5.25. The highest BCUT2D eigenvalue weighted by molar-refractivity contribution is 8.19. The Labute approximate surface area is 142 Å². The number of imide groups is 1. The number of thiophene rings is 1. The van der Waals surface area contributed by atoms with Gasteiger partial charge >= 0.3 is 0 Å². The molecule has 1 fully saturated rings. The van der Waals surface area contributed by atoms with Crippen molar-refractivity contribution >= 4 is 46.0 Å². The summed E-state index contributed by atoms with van der Waals surface area (Å²) in [4.78, 5) is 28.8. The van der Waals surface area contributed by atoms with Gasteiger partial charge in [-0.15, -0.1) is 11.3 Å². The van der Waals surface area contributed by atoms with Crippen molar-refractivity contribution in [2.45, 2.75) is 13.3 Å². The maximum absolute atomic E-state index is 12.6. The first-order valence-corrected chi connectivity index (χ1v) is 8.77. The van der Waals surface area contributed by atoms with E-state index in [1.54, 1.807) is 41.7 Å². The number of hydrogen-bond donors (Lipinski definition) is 0. The fourth-order valence-corrected chi connectivity index (χ4v) is 4.08. The smallest absolute Gasteiger partial charge is 0.298 e. The average Bonchev–Trinajstić information content (AvgIpc) is 3.12. The molecule has 23 heavy (non-hydrogen) atoms. The molecule has 0 bridgehead atoms. The number of thioether (sulfide) groups is 1. The molecule has 1 aliphatic rings. The number of hydrogen-bond acceptors (Lipinski definition) is 5. The van der Waals surface area contributed by atoms with E-state index in [9.17, 15) is 9.59 Å². The molecule has 1 aromatic heterocycles. The maximum atomic E-state index is 12.6. The molecule has 0 radical (unpaired) electrons. The van der Waals surface area contributed by atoms with Gasteiger partial charge in [0, 0.05) is 9.75 Å². The molecule has 2 aromatic rings. The highest BCUT2D eigenvalue weighted by Crippen LogP contribution is 2.39. The number of aryl methyl sites for hydroxylation is 1. The molecule has 118 valence electrons. The van der Waals surface area contributed by atoms with Crippen LogP contribution in [0, 0.1) is 0 Å². The van der Waals surface area contributed by atoms with Gasteiger partial charge in [0.25, 0.3) is 11.1 Å². The van der Waals surface area contributed by atoms with Gasteiger partial charge in [-0.25, -0.2) is 4.90 Å². The van der Waals surface area contributed by atoms with Crippen LogP contribution in [-0.4, -0.2) is 18.3 Å². The number of benzene rings is 1. The van der Waals surface area contributed by atoms with Gasteiger partial charge in [-0.2, -0.15) is 0 Å². The van der Waals surface area contributed by atoms with Crippen molar-refractivity contribution in [2.75, 3.05) is 12.0 Å². The Morgan fingerprint density at radius 2 is 1.96 bits per heavy atom. The van der Waals surface area contributed by atoms with Gasteiger partial charge in [0.2, 0.25) is 0 Å². The fraction of sp³-hybridized carbons (Fsp3) is 0.176. The Hall–Kier alpha value is -2.05. The summed E-state index contributed by atoms with van der Waals surface area (Å²) in [5.41, 5.74) is 0.473. The molecule has 0 unspecified atom stereocenters. The molecule has 1 aromatic carbocycles. The van der Waals surface area contributed by atoms with E-state index in [2.05, 4.69) is 6.92 Å². The van der Waals surface area contributed by atoms with Gasteiger partial charge in [-0.1, -0.05) is 19.1 Å². The van der Waals surface area contributed by atoms with Gasteiger partial charge in [-0.05, 0) is 48.5 Å². The normalized spacial score (nSPS) is 16.4. The van der Waals surface area contributed by atoms with E-state index in [0.29, 0.717) is 16.3 Å². The number of amides is 2. The SMILES string of the molecule is CCc1ccc(/C=C2\SC(=O)N(c3ccccc3OC)C2=O)s1. The van der Waals surface area contributed by atoms with E-state index < -0.39 is 0 Å². The number of anilines is 1. The first kappa shape index (κ1) is 15.8. The number of ether oxygens (including phenoxy) is 1. The summed E-state index contributed by atoms with van der Waals surface area (Å²) in [6.45, 7) is 2.09. The van der Waals surface area contributed by atoms with E-state index in [4.69, 9.17) is 4.74 Å². The van der Waals surface area contributed by atoms with Crippen LogP contribution in [-0.2, 0) is 11.2 Å². The molecular weight excluding hydrogens is 330 g/mol. The van der Waals surface area contributed by atoms with Crippen LogP contribution in [0.1, 0.15) is 16.7 Å². The third-order valence-corrected chi connectivity index (χ3v) is 5.47. The van der Waals surface area contributed by atoms with Crippen LogP contribution in [0.25, 0.3) is 6.08 Å². The number of rotatable bonds is 4. The van der Waals surface area contributed by atoms with Gasteiger partial charge in [0.15, 0.2) is 0 Å². The maximum Gasteiger partial charge on any atom is 0.298 e. The van der Waals surface area contributed by atoms with Gasteiger partial charge in [0.05, 0.1) is 17.7 Å². The van der Waals surface area contributed by atoms with Crippen LogP contribution < -0.4 is 9.64 Å². The summed E-state index contributed by atoms with van der Waals surface area (Å²) in [7, 11) is 1.52. The Balaban J connectivity index is 1.93. The summed E-state index contributed by atoms with van der Waals surface area (Å²) >= 11 is 2.59. The summed E-state index contributed by atoms with van der Waals surface area (Å²) in [5.74, 6) is 0.191. The molecule has 0 atom stereocenters. The minimum Gasteiger partial charge on any atom is -0.495 e. The summed E-state index contributed by atoms with van der Waals surface area (Å²) in [6, 6.07) is 11.0. The Morgan fingerprint density at radius 3 is 2.65 bits per heavy atom. The first-order chi connectivity index (χ1) is 11.1. The Morgan fingerprint density at radius 1 is 1.17 bits per heavy atom. The molecule has 3 rings (SSSR count). The van der Waals surface area contributed by atoms with Crippen LogP contribution in [0.3, 0.4) is 0 Å². The molecule has 4 nitrogen and oxygen atoms in total. The summed E-state index contributed by atoms with van der Waals surface area (Å²) in [6.07, 6.45) is 2.74. The molecule has 6 heteroatoms. The average molecular weight is 345 g/mol. The van der Waals surface area contributed by atoms with E-state index in [1.807, 2.05) is 12.1 Å². The van der Waals surface area contributed by atoms with Crippen LogP contribution in [0.15, 0.2) is 41.3 Å². The second-order valence-electron chi connectivity index (χ2n) is 4.85. The van der Waals surface area contributed by atoms with E-state index >= 15 is 0 Å². The second-order valence-corrected chi connectivity index (χ2v) is 7.04. The van der Waals surface area contributed by atoms with Crippen LogP contribution in [0.4, 0.5) is 10.5 Å². The summed E-state index contributed by atoms with van der Waals surface area (Å²) in [5, 5.41) is -0.307. The minimum absolute atomic E-state index is 0.307. The first-order valence-electron chi connectivity index (χ1n) is 7.13. The minimum atomic E-state index is -0.309. The molecule has 0 N–H and O–H groups in total. The predicted molar refractivity (Wildman–Crippen MR) is 95.1 cm³/mol. The number of methoxy groups -OCH3 is 1. The van der Waals surface area contributed by atoms with Crippen molar-refractivity contribution in [1.29, 1.82) is 0 Å². The monoisotopic (exact) mass is 345 g/mol. The highest BCUT2D eigenvalue weighted by atomic mass is 32.2. The zero-order valence-electron chi connectivity index (χ0n) is 12.7. The molecule has 0 aliphatic carbocycles. The molecule has 2 heterocycles. The second kappa shape index (κ2) is 6.60. The number of carbonyl (C=O) groups is 2. The standard InChI is InChI=1S/C17H15NO3S2/c1-3-11-8-9-12(22-11)10-15-16(19)18(17(20)23-15)13-6-4-5-7-14(13)21-2/h4-10H,3H2,1-2H3/b15-10-. The quantitative estimate of drug-likeness (QED) is 0.762. The number of carbonyl (C=O) groups excluding carboxylic acids is 2. The van der Waals surface area contributed by atoms with Crippen molar-refractivity contribution in [3.05, 3.63) is 51.1 Å². The van der Waals surface area contributed by atoms with Crippen LogP contribution in [0.2, 0.25) is 0 Å². The molecule has 0 saturated carbocycles. The largest absolute Gasteiger partial charge is 0.495 e.